The Hall–Kier alpha value is -1.43. The smallest absolute Gasteiger partial charge is 0.246 e. The van der Waals surface area contributed by atoms with Gasteiger partial charge in [-0.1, -0.05) is 0 Å². The van der Waals surface area contributed by atoms with Gasteiger partial charge >= 0.3 is 0 Å². The van der Waals surface area contributed by atoms with Crippen LogP contribution in [0, 0.1) is 0 Å². The first-order valence-electron chi connectivity index (χ1n) is 3.85. The highest BCUT2D eigenvalue weighted by Crippen LogP contribution is 2.03. The molecular formula is C7H13N5O. The van der Waals surface area contributed by atoms with Crippen LogP contribution >= 0.6 is 0 Å². The maximum Gasteiger partial charge on any atom is 0.246 e. The van der Waals surface area contributed by atoms with E-state index < -0.39 is 5.54 Å². The normalized spacial score (nSPS) is 11.4. The minimum atomic E-state index is -0.911. The van der Waals surface area contributed by atoms with E-state index >= 15 is 0 Å². The minimum absolute atomic E-state index is 0.288. The molecule has 1 heterocycles. The quantitative estimate of drug-likeness (QED) is 0.646. The third kappa shape index (κ3) is 2.25. The molecule has 3 N–H and O–H groups in total. The molecule has 1 aromatic rings. The predicted molar refractivity (Wildman–Crippen MR) is 47.9 cm³/mol. The van der Waals surface area contributed by atoms with Crippen molar-refractivity contribution < 1.29 is 4.79 Å². The molecule has 0 atom stereocenters. The van der Waals surface area contributed by atoms with E-state index in [4.69, 9.17) is 5.73 Å². The van der Waals surface area contributed by atoms with Crippen molar-refractivity contribution in [3.63, 3.8) is 0 Å². The van der Waals surface area contributed by atoms with Crippen molar-refractivity contribution >= 4 is 11.9 Å². The molecule has 0 saturated heterocycles. The molecule has 0 aromatic carbocycles. The summed E-state index contributed by atoms with van der Waals surface area (Å²) in [6.07, 6.45) is 1.36. The molecule has 0 bridgehead atoms. The molecule has 0 unspecified atom stereocenters. The minimum Gasteiger partial charge on any atom is -0.318 e. The maximum absolute atomic E-state index is 11.4. The molecule has 1 amide bonds. The van der Waals surface area contributed by atoms with Crippen LogP contribution in [0.3, 0.4) is 0 Å². The first-order valence-corrected chi connectivity index (χ1v) is 3.85. The first-order chi connectivity index (χ1) is 5.91. The fraction of sp³-hybridized carbons (Fsp3) is 0.571. The van der Waals surface area contributed by atoms with E-state index in [1.807, 2.05) is 0 Å². The van der Waals surface area contributed by atoms with Crippen LogP contribution < -0.4 is 11.1 Å². The van der Waals surface area contributed by atoms with Gasteiger partial charge in [0.2, 0.25) is 11.9 Å². The second-order valence-electron chi connectivity index (χ2n) is 3.38. The van der Waals surface area contributed by atoms with Crippen LogP contribution in [0.15, 0.2) is 6.33 Å². The maximum atomic E-state index is 11.4. The van der Waals surface area contributed by atoms with E-state index in [0.29, 0.717) is 5.95 Å². The summed E-state index contributed by atoms with van der Waals surface area (Å²) < 4.78 is 1.46. The lowest BCUT2D eigenvalue weighted by Crippen LogP contribution is -2.45. The fourth-order valence-electron chi connectivity index (χ4n) is 0.672. The molecule has 0 spiro atoms. The van der Waals surface area contributed by atoms with E-state index in [-0.39, 0.29) is 5.91 Å². The zero-order valence-corrected chi connectivity index (χ0v) is 7.90. The van der Waals surface area contributed by atoms with Crippen LogP contribution in [-0.4, -0.2) is 26.2 Å². The lowest BCUT2D eigenvalue weighted by molar-refractivity contribution is -0.120. The summed E-state index contributed by atoms with van der Waals surface area (Å²) in [7, 11) is 1.69. The average Bonchev–Trinajstić information content (AvgIpc) is 2.34. The number of aryl methyl sites for hydroxylation is 1. The number of aromatic nitrogens is 3. The fourth-order valence-corrected chi connectivity index (χ4v) is 0.672. The highest BCUT2D eigenvalue weighted by Gasteiger charge is 2.22. The van der Waals surface area contributed by atoms with Crippen molar-refractivity contribution in [1.82, 2.24) is 14.8 Å². The van der Waals surface area contributed by atoms with Crippen LogP contribution in [0.1, 0.15) is 13.8 Å². The van der Waals surface area contributed by atoms with Gasteiger partial charge in [-0.3, -0.25) is 10.1 Å². The first kappa shape index (κ1) is 9.66. The Kier molecular flexibility index (Phi) is 2.33. The molecule has 6 heteroatoms. The number of carbonyl (C=O) groups is 1. The van der Waals surface area contributed by atoms with Crippen molar-refractivity contribution in [1.29, 1.82) is 0 Å². The van der Waals surface area contributed by atoms with Crippen molar-refractivity contribution in [2.75, 3.05) is 5.32 Å². The standard InChI is InChI=1S/C7H13N5O/c1-7(2,8)5(13)11-6-9-4-10-12(6)3/h4H,8H2,1-3H3,(H,9,10,11,13). The number of carbonyl (C=O) groups excluding carboxylic acids is 1. The van der Waals surface area contributed by atoms with Gasteiger partial charge in [0.05, 0.1) is 5.54 Å². The van der Waals surface area contributed by atoms with Crippen LogP contribution in [0.4, 0.5) is 5.95 Å². The van der Waals surface area contributed by atoms with Gasteiger partial charge in [0.1, 0.15) is 6.33 Å². The Morgan fingerprint density at radius 2 is 2.31 bits per heavy atom. The van der Waals surface area contributed by atoms with Gasteiger partial charge in [0, 0.05) is 7.05 Å². The number of amides is 1. The number of nitrogens with zero attached hydrogens (tertiary/aromatic N) is 3. The largest absolute Gasteiger partial charge is 0.318 e. The second-order valence-corrected chi connectivity index (χ2v) is 3.38. The van der Waals surface area contributed by atoms with Crippen LogP contribution in [-0.2, 0) is 11.8 Å². The Labute approximate surface area is 76.1 Å². The highest BCUT2D eigenvalue weighted by molar-refractivity contribution is 5.95. The van der Waals surface area contributed by atoms with Crippen molar-refractivity contribution in [3.05, 3.63) is 6.33 Å². The molecule has 1 aromatic heterocycles. The Morgan fingerprint density at radius 1 is 1.69 bits per heavy atom. The predicted octanol–water partition coefficient (Wildman–Crippen LogP) is -0.509. The molecule has 0 aliphatic carbocycles. The molecule has 0 saturated carbocycles. The average molecular weight is 183 g/mol. The van der Waals surface area contributed by atoms with Gasteiger partial charge in [0.15, 0.2) is 0 Å². The third-order valence-corrected chi connectivity index (χ3v) is 1.52. The molecule has 0 fully saturated rings. The SMILES string of the molecule is Cn1ncnc1NC(=O)C(C)(C)N. The van der Waals surface area contributed by atoms with Gasteiger partial charge in [-0.05, 0) is 13.8 Å². The van der Waals surface area contributed by atoms with Crippen LogP contribution in [0.2, 0.25) is 0 Å². The lowest BCUT2D eigenvalue weighted by Gasteiger charge is -2.16. The second kappa shape index (κ2) is 3.14. The van der Waals surface area contributed by atoms with Gasteiger partial charge in [-0.2, -0.15) is 10.1 Å². The number of hydrogen-bond acceptors (Lipinski definition) is 4. The van der Waals surface area contributed by atoms with Crippen molar-refractivity contribution in [2.45, 2.75) is 19.4 Å². The molecule has 13 heavy (non-hydrogen) atoms. The molecule has 1 rings (SSSR count). The van der Waals surface area contributed by atoms with Crippen molar-refractivity contribution in [2.24, 2.45) is 12.8 Å². The summed E-state index contributed by atoms with van der Waals surface area (Å²) in [5.41, 5.74) is 4.67. The summed E-state index contributed by atoms with van der Waals surface area (Å²) in [4.78, 5) is 15.2. The van der Waals surface area contributed by atoms with Crippen LogP contribution in [0.25, 0.3) is 0 Å². The molecule has 0 aliphatic rings. The number of nitrogens with two attached hydrogens (primary N) is 1. The summed E-state index contributed by atoms with van der Waals surface area (Å²) in [6, 6.07) is 0. The zero-order valence-electron chi connectivity index (χ0n) is 7.90. The van der Waals surface area contributed by atoms with E-state index in [0.717, 1.165) is 0 Å². The summed E-state index contributed by atoms with van der Waals surface area (Å²) >= 11 is 0. The summed E-state index contributed by atoms with van der Waals surface area (Å²) in [6.45, 7) is 3.25. The number of nitrogens with one attached hydrogen (secondary N) is 1. The molecular weight excluding hydrogens is 170 g/mol. The number of anilines is 1. The van der Waals surface area contributed by atoms with E-state index in [1.54, 1.807) is 20.9 Å². The topological polar surface area (TPSA) is 85.8 Å². The van der Waals surface area contributed by atoms with E-state index in [2.05, 4.69) is 15.4 Å². The Balaban J connectivity index is 2.71. The molecule has 0 aliphatic heterocycles. The van der Waals surface area contributed by atoms with E-state index in [9.17, 15) is 4.79 Å². The molecule has 0 radical (unpaired) electrons. The van der Waals surface area contributed by atoms with E-state index in [1.165, 1.54) is 11.0 Å². The molecule has 6 nitrogen and oxygen atoms in total. The highest BCUT2D eigenvalue weighted by atomic mass is 16.2. The van der Waals surface area contributed by atoms with Gasteiger partial charge in [0.25, 0.3) is 0 Å². The lowest BCUT2D eigenvalue weighted by atomic mass is 10.1. The van der Waals surface area contributed by atoms with Gasteiger partial charge < -0.3 is 5.73 Å². The van der Waals surface area contributed by atoms with Crippen molar-refractivity contribution in [3.8, 4) is 0 Å². The Morgan fingerprint density at radius 3 is 2.69 bits per heavy atom. The number of rotatable bonds is 2. The van der Waals surface area contributed by atoms with Gasteiger partial charge in [-0.25, -0.2) is 4.68 Å². The van der Waals surface area contributed by atoms with Crippen LogP contribution in [0.5, 0.6) is 0 Å². The Bertz CT molecular complexity index is 311. The van der Waals surface area contributed by atoms with Gasteiger partial charge in [-0.15, -0.1) is 0 Å². The third-order valence-electron chi connectivity index (χ3n) is 1.52. The number of hydrogen-bond donors (Lipinski definition) is 2. The monoisotopic (exact) mass is 183 g/mol. The summed E-state index contributed by atoms with van der Waals surface area (Å²) in [5.74, 6) is 0.104. The summed E-state index contributed by atoms with van der Waals surface area (Å²) in [5, 5.41) is 6.36. The molecule has 72 valence electrons. The zero-order chi connectivity index (χ0) is 10.1.